The minimum atomic E-state index is -1.30. The summed E-state index contributed by atoms with van der Waals surface area (Å²) in [5.41, 5.74) is 1.38. The van der Waals surface area contributed by atoms with Crippen LogP contribution in [0.5, 0.6) is 5.75 Å². The van der Waals surface area contributed by atoms with Gasteiger partial charge in [0.25, 0.3) is 0 Å². The maximum absolute atomic E-state index is 13.9. The molecule has 4 rings (SSSR count). The molecule has 37 heavy (non-hydrogen) atoms. The monoisotopic (exact) mass is 514 g/mol. The summed E-state index contributed by atoms with van der Waals surface area (Å²) in [6, 6.07) is 6.85. The van der Waals surface area contributed by atoms with Gasteiger partial charge in [0.1, 0.15) is 18.2 Å². The number of rotatable bonds is 8. The smallest absolute Gasteiger partial charge is 0.174 e. The molecule has 1 fully saturated rings. The highest BCUT2D eigenvalue weighted by atomic mass is 19.2. The van der Waals surface area contributed by atoms with Gasteiger partial charge in [-0.1, -0.05) is 11.8 Å². The van der Waals surface area contributed by atoms with E-state index in [-0.39, 0.29) is 12.0 Å². The van der Waals surface area contributed by atoms with Crippen molar-refractivity contribution in [1.29, 1.82) is 0 Å². The highest BCUT2D eigenvalue weighted by molar-refractivity contribution is 5.84. The molecule has 8 heteroatoms. The zero-order valence-electron chi connectivity index (χ0n) is 20.7. The molecule has 0 radical (unpaired) electrons. The summed E-state index contributed by atoms with van der Waals surface area (Å²) in [6.45, 7) is 0.846. The molecule has 1 aliphatic rings. The molecule has 2 heterocycles. The van der Waals surface area contributed by atoms with Crippen LogP contribution in [0.2, 0.25) is 0 Å². The number of hydrogen-bond acceptors (Lipinski definition) is 4. The number of methoxy groups -OCH3 is 1. The number of hydrogen-bond donors (Lipinski definition) is 2. The van der Waals surface area contributed by atoms with Crippen LogP contribution in [0.25, 0.3) is 10.9 Å². The van der Waals surface area contributed by atoms with E-state index < -0.39 is 35.6 Å². The van der Waals surface area contributed by atoms with Crippen molar-refractivity contribution in [3.8, 4) is 17.6 Å². The van der Waals surface area contributed by atoms with Crippen molar-refractivity contribution in [2.24, 2.45) is 5.41 Å². The first-order valence-electron chi connectivity index (χ1n) is 12.4. The van der Waals surface area contributed by atoms with Gasteiger partial charge in [-0.25, -0.2) is 17.6 Å². The average Bonchev–Trinajstić information content (AvgIpc) is 2.91. The van der Waals surface area contributed by atoms with Crippen molar-refractivity contribution < 1.29 is 27.4 Å². The summed E-state index contributed by atoms with van der Waals surface area (Å²) in [7, 11) is 1.58. The van der Waals surface area contributed by atoms with E-state index in [1.807, 2.05) is 18.2 Å². The van der Waals surface area contributed by atoms with Crippen molar-refractivity contribution in [3.05, 3.63) is 70.7 Å². The number of aliphatic hydroxyl groups is 1. The summed E-state index contributed by atoms with van der Waals surface area (Å²) in [5.74, 6) is 2.45. The molecule has 196 valence electrons. The third-order valence-corrected chi connectivity index (χ3v) is 7.34. The van der Waals surface area contributed by atoms with Crippen LogP contribution in [0.4, 0.5) is 17.6 Å². The van der Waals surface area contributed by atoms with E-state index >= 15 is 0 Å². The van der Waals surface area contributed by atoms with E-state index in [0.717, 1.165) is 48.5 Å². The molecule has 2 N–H and O–H groups in total. The number of ether oxygens (including phenoxy) is 1. The first kappa shape index (κ1) is 26.9. The lowest BCUT2D eigenvalue weighted by Crippen LogP contribution is -2.44. The van der Waals surface area contributed by atoms with E-state index in [1.165, 1.54) is 0 Å². The second-order valence-electron chi connectivity index (χ2n) is 9.52. The lowest BCUT2D eigenvalue weighted by Gasteiger charge is -2.41. The van der Waals surface area contributed by atoms with Crippen molar-refractivity contribution in [1.82, 2.24) is 10.3 Å². The van der Waals surface area contributed by atoms with Crippen molar-refractivity contribution in [2.45, 2.75) is 51.3 Å². The Morgan fingerprint density at radius 3 is 2.68 bits per heavy atom. The van der Waals surface area contributed by atoms with Crippen molar-refractivity contribution >= 4 is 10.9 Å². The van der Waals surface area contributed by atoms with Crippen molar-refractivity contribution in [2.75, 3.05) is 20.2 Å². The predicted molar refractivity (Wildman–Crippen MR) is 134 cm³/mol. The number of fused-ring (bicyclic) bond motifs is 1. The zero-order valence-corrected chi connectivity index (χ0v) is 20.7. The molecule has 0 saturated carbocycles. The molecule has 4 nitrogen and oxygen atoms in total. The van der Waals surface area contributed by atoms with Crippen LogP contribution in [0.3, 0.4) is 0 Å². The standard InChI is InChI=1S/C29H30F4N2O2/c1-37-22-7-8-26-24(16-22)23(20(17-30)18-35-26)5-3-9-29(10-12-34-13-11-29)27(36)6-2-4-19-14-21(31)15-25(32)28(19)33/h7-8,14-16,18,27,34,36H,3,5-6,9-13,17H2,1H3. The minimum absolute atomic E-state index is 0.0443. The topological polar surface area (TPSA) is 54.4 Å². The number of nitrogens with one attached hydrogen (secondary N) is 1. The van der Waals surface area contributed by atoms with Gasteiger partial charge in [-0.3, -0.25) is 4.98 Å². The number of piperidine rings is 1. The predicted octanol–water partition coefficient (Wildman–Crippen LogP) is 5.63. The van der Waals surface area contributed by atoms with Gasteiger partial charge in [0, 0.05) is 29.6 Å². The first-order valence-corrected chi connectivity index (χ1v) is 12.4. The first-order chi connectivity index (χ1) is 17.9. The van der Waals surface area contributed by atoms with Gasteiger partial charge in [-0.15, -0.1) is 0 Å². The quantitative estimate of drug-likeness (QED) is 0.233. The van der Waals surface area contributed by atoms with Crippen LogP contribution in [-0.4, -0.2) is 36.4 Å². The third kappa shape index (κ3) is 6.06. The second kappa shape index (κ2) is 11.9. The Kier molecular flexibility index (Phi) is 8.67. The van der Waals surface area contributed by atoms with E-state index in [4.69, 9.17) is 4.74 Å². The number of alkyl halides is 1. The summed E-state index contributed by atoms with van der Waals surface area (Å²) in [6.07, 6.45) is 4.24. The molecule has 0 spiro atoms. The Bertz CT molecular complexity index is 1310. The lowest BCUT2D eigenvalue weighted by molar-refractivity contribution is -0.00339. The zero-order chi connectivity index (χ0) is 26.4. The van der Waals surface area contributed by atoms with Gasteiger partial charge in [-0.05, 0) is 80.4 Å². The third-order valence-electron chi connectivity index (χ3n) is 7.34. The van der Waals surface area contributed by atoms with Gasteiger partial charge in [0.05, 0.1) is 24.3 Å². The Morgan fingerprint density at radius 1 is 1.16 bits per heavy atom. The largest absolute Gasteiger partial charge is 0.497 e. The SMILES string of the molecule is COc1ccc2ncc(CF)c(CCCC3(C(O)CC#Cc4cc(F)cc(F)c4F)CCNCC3)c2c1. The average molecular weight is 515 g/mol. The fraction of sp³-hybridized carbons (Fsp3) is 0.414. The van der Waals surface area contributed by atoms with Gasteiger partial charge in [-0.2, -0.15) is 0 Å². The van der Waals surface area contributed by atoms with Crippen LogP contribution in [-0.2, 0) is 13.1 Å². The molecule has 0 aliphatic carbocycles. The number of aromatic nitrogens is 1. The lowest BCUT2D eigenvalue weighted by atomic mass is 9.69. The Labute approximate surface area is 214 Å². The molecule has 1 atom stereocenters. The maximum atomic E-state index is 13.9. The normalized spacial score (nSPS) is 15.7. The maximum Gasteiger partial charge on any atom is 0.174 e. The minimum Gasteiger partial charge on any atom is -0.497 e. The fourth-order valence-corrected chi connectivity index (χ4v) is 5.20. The molecule has 3 aromatic rings. The number of nitrogens with zero attached hydrogens (tertiary/aromatic N) is 1. The number of pyridine rings is 1. The van der Waals surface area contributed by atoms with Gasteiger partial charge >= 0.3 is 0 Å². The van der Waals surface area contributed by atoms with Crippen LogP contribution >= 0.6 is 0 Å². The molecule has 0 amide bonds. The van der Waals surface area contributed by atoms with Gasteiger partial charge < -0.3 is 15.2 Å². The summed E-state index contributed by atoms with van der Waals surface area (Å²) in [4.78, 5) is 4.37. The summed E-state index contributed by atoms with van der Waals surface area (Å²) < 4.78 is 60.0. The molecular weight excluding hydrogens is 484 g/mol. The fourth-order valence-electron chi connectivity index (χ4n) is 5.20. The van der Waals surface area contributed by atoms with E-state index in [9.17, 15) is 22.7 Å². The van der Waals surface area contributed by atoms with Gasteiger partial charge in [0.15, 0.2) is 11.6 Å². The summed E-state index contributed by atoms with van der Waals surface area (Å²) in [5, 5.41) is 15.3. The Morgan fingerprint density at radius 2 is 1.95 bits per heavy atom. The van der Waals surface area contributed by atoms with Crippen LogP contribution in [0, 0.1) is 34.7 Å². The number of aryl methyl sites for hydroxylation is 1. The molecule has 1 unspecified atom stereocenters. The highest BCUT2D eigenvalue weighted by Gasteiger charge is 2.38. The molecule has 1 aliphatic heterocycles. The number of aliphatic hydroxyl groups excluding tert-OH is 1. The van der Waals surface area contributed by atoms with E-state index in [1.54, 1.807) is 13.3 Å². The van der Waals surface area contributed by atoms with Crippen LogP contribution < -0.4 is 10.1 Å². The summed E-state index contributed by atoms with van der Waals surface area (Å²) >= 11 is 0. The highest BCUT2D eigenvalue weighted by Crippen LogP contribution is 2.40. The molecule has 0 bridgehead atoms. The number of halogens is 4. The van der Waals surface area contributed by atoms with Gasteiger partial charge in [0.2, 0.25) is 0 Å². The molecule has 2 aromatic carbocycles. The Balaban J connectivity index is 1.51. The Hall–Kier alpha value is -3.15. The molecular formula is C29H30F4N2O2. The second-order valence-corrected chi connectivity index (χ2v) is 9.52. The molecule has 1 saturated heterocycles. The van der Waals surface area contributed by atoms with Crippen LogP contribution in [0.1, 0.15) is 48.8 Å². The van der Waals surface area contributed by atoms with Crippen molar-refractivity contribution in [3.63, 3.8) is 0 Å². The van der Waals surface area contributed by atoms with Crippen LogP contribution in [0.15, 0.2) is 36.5 Å². The molecule has 1 aromatic heterocycles. The van der Waals surface area contributed by atoms with E-state index in [0.29, 0.717) is 36.6 Å². The number of benzene rings is 2. The van der Waals surface area contributed by atoms with E-state index in [2.05, 4.69) is 22.1 Å².